The highest BCUT2D eigenvalue weighted by Gasteiger charge is 2.16. The molecule has 6 heteroatoms. The van der Waals surface area contributed by atoms with Crippen LogP contribution in [0.5, 0.6) is 23.0 Å². The number of pyridine rings is 1. The van der Waals surface area contributed by atoms with Crippen molar-refractivity contribution in [3.63, 3.8) is 0 Å². The molecule has 3 aromatic rings. The number of ether oxygens (including phenoxy) is 4. The molecule has 0 aliphatic rings. The molecular formula is C26H33NO5. The minimum atomic E-state index is -0.0652. The van der Waals surface area contributed by atoms with Crippen LogP contribution in [0.15, 0.2) is 36.4 Å². The zero-order valence-electron chi connectivity index (χ0n) is 19.8. The lowest BCUT2D eigenvalue weighted by atomic mass is 10.0. The van der Waals surface area contributed by atoms with Gasteiger partial charge in [0.1, 0.15) is 18.1 Å². The molecule has 0 radical (unpaired) electrons. The molecule has 0 saturated carbocycles. The van der Waals surface area contributed by atoms with E-state index >= 15 is 0 Å². The van der Waals surface area contributed by atoms with E-state index in [1.165, 1.54) is 0 Å². The second-order valence-corrected chi connectivity index (χ2v) is 8.14. The van der Waals surface area contributed by atoms with Crippen molar-refractivity contribution in [3.8, 4) is 34.3 Å². The van der Waals surface area contributed by atoms with Crippen LogP contribution in [0, 0.1) is 0 Å². The molecule has 172 valence electrons. The maximum Gasteiger partial charge on any atom is 0.161 e. The molecule has 0 fully saturated rings. The topological polar surface area (TPSA) is 70.0 Å². The van der Waals surface area contributed by atoms with Crippen molar-refractivity contribution in [1.82, 2.24) is 4.98 Å². The van der Waals surface area contributed by atoms with Gasteiger partial charge in [0.2, 0.25) is 0 Å². The zero-order valence-corrected chi connectivity index (χ0v) is 19.8. The summed E-state index contributed by atoms with van der Waals surface area (Å²) in [6.07, 6.45) is 0.865. The molecule has 0 aliphatic heterocycles. The Kier molecular flexibility index (Phi) is 7.80. The van der Waals surface area contributed by atoms with Crippen molar-refractivity contribution >= 4 is 10.8 Å². The van der Waals surface area contributed by atoms with Crippen LogP contribution < -0.4 is 18.9 Å². The zero-order chi connectivity index (χ0) is 23.3. The predicted molar refractivity (Wildman–Crippen MR) is 127 cm³/mol. The van der Waals surface area contributed by atoms with Gasteiger partial charge in [0.15, 0.2) is 11.5 Å². The van der Waals surface area contributed by atoms with Crippen LogP contribution in [0.1, 0.15) is 40.3 Å². The van der Waals surface area contributed by atoms with E-state index < -0.39 is 0 Å². The van der Waals surface area contributed by atoms with Crippen LogP contribution in [-0.4, -0.2) is 42.6 Å². The molecule has 0 spiro atoms. The Labute approximate surface area is 190 Å². The van der Waals surface area contributed by atoms with Crippen molar-refractivity contribution < 1.29 is 24.1 Å². The van der Waals surface area contributed by atoms with Crippen molar-refractivity contribution in [1.29, 1.82) is 0 Å². The van der Waals surface area contributed by atoms with Crippen LogP contribution in [0.4, 0.5) is 0 Å². The smallest absolute Gasteiger partial charge is 0.161 e. The first kappa shape index (κ1) is 23.7. The second-order valence-electron chi connectivity index (χ2n) is 8.14. The highest BCUT2D eigenvalue weighted by Crippen LogP contribution is 2.39. The Hall–Kier alpha value is -2.99. The fourth-order valence-electron chi connectivity index (χ4n) is 3.53. The molecule has 0 amide bonds. The lowest BCUT2D eigenvalue weighted by molar-refractivity contribution is 0.196. The molecule has 1 N–H and O–H groups in total. The third-order valence-electron chi connectivity index (χ3n) is 4.78. The molecule has 1 aromatic heterocycles. The van der Waals surface area contributed by atoms with E-state index in [-0.39, 0.29) is 25.4 Å². The Morgan fingerprint density at radius 3 is 2.06 bits per heavy atom. The van der Waals surface area contributed by atoms with E-state index in [1.54, 1.807) is 7.11 Å². The van der Waals surface area contributed by atoms with E-state index in [0.29, 0.717) is 11.5 Å². The monoisotopic (exact) mass is 439 g/mol. The van der Waals surface area contributed by atoms with Gasteiger partial charge in [0.05, 0.1) is 31.6 Å². The SMILES string of the molecule is CCc1cc2cc(OCCO)c(OC)cc2c(-c2cc(OC(C)C)cc(OC(C)C)c2)n1. The first-order valence-electron chi connectivity index (χ1n) is 11.1. The predicted octanol–water partition coefficient (Wildman–Crippen LogP) is 5.42. The summed E-state index contributed by atoms with van der Waals surface area (Å²) in [6.45, 7) is 10.2. The van der Waals surface area contributed by atoms with E-state index in [0.717, 1.165) is 45.6 Å². The summed E-state index contributed by atoms with van der Waals surface area (Å²) >= 11 is 0. The first-order valence-corrected chi connectivity index (χ1v) is 11.1. The Morgan fingerprint density at radius 1 is 0.875 bits per heavy atom. The summed E-state index contributed by atoms with van der Waals surface area (Å²) in [5.74, 6) is 2.65. The van der Waals surface area contributed by atoms with Gasteiger partial charge in [-0.05, 0) is 69.8 Å². The number of hydrogen-bond acceptors (Lipinski definition) is 6. The van der Waals surface area contributed by atoms with E-state index in [1.807, 2.05) is 58.0 Å². The summed E-state index contributed by atoms with van der Waals surface area (Å²) < 4.78 is 23.3. The van der Waals surface area contributed by atoms with E-state index in [2.05, 4.69) is 13.0 Å². The maximum atomic E-state index is 9.16. The van der Waals surface area contributed by atoms with Gasteiger partial charge >= 0.3 is 0 Å². The number of aliphatic hydroxyl groups is 1. The first-order chi connectivity index (χ1) is 15.3. The summed E-state index contributed by atoms with van der Waals surface area (Å²) in [5.41, 5.74) is 2.70. The highest BCUT2D eigenvalue weighted by atomic mass is 16.5. The summed E-state index contributed by atoms with van der Waals surface area (Å²) in [4.78, 5) is 4.95. The number of methoxy groups -OCH3 is 1. The van der Waals surface area contributed by atoms with Crippen LogP contribution in [0.3, 0.4) is 0 Å². The van der Waals surface area contributed by atoms with Gasteiger partial charge in [-0.3, -0.25) is 4.98 Å². The summed E-state index contributed by atoms with van der Waals surface area (Å²) in [6, 6.07) is 11.8. The molecule has 0 saturated heterocycles. The van der Waals surface area contributed by atoms with Crippen LogP contribution >= 0.6 is 0 Å². The van der Waals surface area contributed by atoms with Crippen molar-refractivity contribution in [2.75, 3.05) is 20.3 Å². The molecule has 0 unspecified atom stereocenters. The minimum absolute atomic E-state index is 0.0372. The van der Waals surface area contributed by atoms with Gasteiger partial charge in [-0.1, -0.05) is 6.92 Å². The molecule has 3 rings (SSSR count). The van der Waals surface area contributed by atoms with Crippen LogP contribution in [-0.2, 0) is 6.42 Å². The number of rotatable bonds is 10. The normalized spacial score (nSPS) is 11.3. The Balaban J connectivity index is 2.24. The molecular weight excluding hydrogens is 406 g/mol. The molecule has 0 bridgehead atoms. The van der Waals surface area contributed by atoms with Gasteiger partial charge < -0.3 is 24.1 Å². The number of hydrogen-bond donors (Lipinski definition) is 1. The molecule has 1 heterocycles. The largest absolute Gasteiger partial charge is 0.493 e. The van der Waals surface area contributed by atoms with Crippen molar-refractivity contribution in [3.05, 3.63) is 42.1 Å². The van der Waals surface area contributed by atoms with Gasteiger partial charge in [-0.2, -0.15) is 0 Å². The highest BCUT2D eigenvalue weighted by molar-refractivity contribution is 5.97. The van der Waals surface area contributed by atoms with Crippen molar-refractivity contribution in [2.45, 2.75) is 53.2 Å². The number of aryl methyl sites for hydroxylation is 1. The van der Waals surface area contributed by atoms with E-state index in [4.69, 9.17) is 29.0 Å². The fraction of sp³-hybridized carbons (Fsp3) is 0.423. The van der Waals surface area contributed by atoms with Gasteiger partial charge in [-0.25, -0.2) is 0 Å². The Bertz CT molecular complexity index is 1030. The standard InChI is InChI=1S/C26H33NO5/c1-7-20-10-18-13-25(30-9-8-28)24(29-6)15-23(18)26(27-20)19-11-21(31-16(2)3)14-22(12-19)32-17(4)5/h10-17,28H,7-9H2,1-6H3. The van der Waals surface area contributed by atoms with E-state index in [9.17, 15) is 0 Å². The van der Waals surface area contributed by atoms with Gasteiger partial charge in [-0.15, -0.1) is 0 Å². The number of aliphatic hydroxyl groups excluding tert-OH is 1. The average molecular weight is 440 g/mol. The van der Waals surface area contributed by atoms with Gasteiger partial charge in [0, 0.05) is 22.7 Å². The van der Waals surface area contributed by atoms with Crippen LogP contribution in [0.25, 0.3) is 22.0 Å². The third kappa shape index (κ3) is 5.62. The lowest BCUT2D eigenvalue weighted by Gasteiger charge is -2.18. The number of aromatic nitrogens is 1. The maximum absolute atomic E-state index is 9.16. The molecule has 0 aliphatic carbocycles. The quantitative estimate of drug-likeness (QED) is 0.455. The number of benzene rings is 2. The lowest BCUT2D eigenvalue weighted by Crippen LogP contribution is -2.08. The Morgan fingerprint density at radius 2 is 1.53 bits per heavy atom. The number of nitrogens with zero attached hydrogens (tertiary/aromatic N) is 1. The summed E-state index contributed by atoms with van der Waals surface area (Å²) in [5, 5.41) is 11.1. The molecule has 0 atom stereocenters. The summed E-state index contributed by atoms with van der Waals surface area (Å²) in [7, 11) is 1.60. The third-order valence-corrected chi connectivity index (χ3v) is 4.78. The molecule has 2 aromatic carbocycles. The number of fused-ring (bicyclic) bond motifs is 1. The molecule has 6 nitrogen and oxygen atoms in total. The second kappa shape index (κ2) is 10.6. The minimum Gasteiger partial charge on any atom is -0.493 e. The average Bonchev–Trinajstić information content (AvgIpc) is 2.74. The van der Waals surface area contributed by atoms with Gasteiger partial charge in [0.25, 0.3) is 0 Å². The van der Waals surface area contributed by atoms with Crippen molar-refractivity contribution in [2.24, 2.45) is 0 Å². The van der Waals surface area contributed by atoms with Crippen LogP contribution in [0.2, 0.25) is 0 Å². The fourth-order valence-corrected chi connectivity index (χ4v) is 3.53. The molecule has 32 heavy (non-hydrogen) atoms.